The molecule has 3 heteroatoms. The topological polar surface area (TPSA) is 38.7 Å². The van der Waals surface area contributed by atoms with Crippen molar-refractivity contribution >= 4 is 10.8 Å². The van der Waals surface area contributed by atoms with Gasteiger partial charge in [0.1, 0.15) is 12.4 Å². The SMILES string of the molecule is CC(O)CCOCCOc1cccc2ccccc12. The van der Waals surface area contributed by atoms with Crippen LogP contribution in [0.3, 0.4) is 0 Å². The number of rotatable bonds is 7. The molecule has 0 heterocycles. The van der Waals surface area contributed by atoms with Crippen LogP contribution in [-0.4, -0.2) is 31.0 Å². The summed E-state index contributed by atoms with van der Waals surface area (Å²) in [5.41, 5.74) is 0. The highest BCUT2D eigenvalue weighted by Crippen LogP contribution is 2.24. The van der Waals surface area contributed by atoms with E-state index in [0.717, 1.165) is 11.1 Å². The summed E-state index contributed by atoms with van der Waals surface area (Å²) >= 11 is 0. The molecule has 2 aromatic carbocycles. The zero-order valence-corrected chi connectivity index (χ0v) is 11.2. The van der Waals surface area contributed by atoms with Gasteiger partial charge in [-0.05, 0) is 24.8 Å². The van der Waals surface area contributed by atoms with E-state index in [-0.39, 0.29) is 6.10 Å². The molecule has 2 rings (SSSR count). The highest BCUT2D eigenvalue weighted by molar-refractivity contribution is 5.88. The summed E-state index contributed by atoms with van der Waals surface area (Å²) in [7, 11) is 0. The normalized spacial score (nSPS) is 12.5. The van der Waals surface area contributed by atoms with Crippen LogP contribution in [0.2, 0.25) is 0 Å². The van der Waals surface area contributed by atoms with Gasteiger partial charge in [-0.3, -0.25) is 0 Å². The van der Waals surface area contributed by atoms with Gasteiger partial charge < -0.3 is 14.6 Å². The van der Waals surface area contributed by atoms with Gasteiger partial charge in [0.15, 0.2) is 0 Å². The quantitative estimate of drug-likeness (QED) is 0.778. The van der Waals surface area contributed by atoms with E-state index in [1.807, 2.05) is 24.3 Å². The van der Waals surface area contributed by atoms with Crippen molar-refractivity contribution < 1.29 is 14.6 Å². The Morgan fingerprint density at radius 1 is 1.00 bits per heavy atom. The minimum Gasteiger partial charge on any atom is -0.491 e. The molecule has 3 nitrogen and oxygen atoms in total. The van der Waals surface area contributed by atoms with Crippen LogP contribution in [0.4, 0.5) is 0 Å². The van der Waals surface area contributed by atoms with Crippen molar-refractivity contribution in [2.45, 2.75) is 19.4 Å². The highest BCUT2D eigenvalue weighted by atomic mass is 16.5. The molecule has 0 aliphatic heterocycles. The molecule has 1 unspecified atom stereocenters. The number of aliphatic hydroxyl groups excluding tert-OH is 1. The lowest BCUT2D eigenvalue weighted by molar-refractivity contribution is 0.0707. The lowest BCUT2D eigenvalue weighted by atomic mass is 10.1. The molecular formula is C16H20O3. The fourth-order valence-corrected chi connectivity index (χ4v) is 1.89. The number of fused-ring (bicyclic) bond motifs is 1. The van der Waals surface area contributed by atoms with Crippen LogP contribution < -0.4 is 4.74 Å². The summed E-state index contributed by atoms with van der Waals surface area (Å²) in [5, 5.41) is 11.4. The van der Waals surface area contributed by atoms with Gasteiger partial charge in [0.05, 0.1) is 12.7 Å². The predicted molar refractivity (Wildman–Crippen MR) is 76.6 cm³/mol. The Labute approximate surface area is 113 Å². The summed E-state index contributed by atoms with van der Waals surface area (Å²) in [6, 6.07) is 14.2. The largest absolute Gasteiger partial charge is 0.491 e. The minimum absolute atomic E-state index is 0.306. The van der Waals surface area contributed by atoms with Crippen LogP contribution >= 0.6 is 0 Å². The van der Waals surface area contributed by atoms with Crippen molar-refractivity contribution in [3.8, 4) is 5.75 Å². The fourth-order valence-electron chi connectivity index (χ4n) is 1.89. The monoisotopic (exact) mass is 260 g/mol. The Morgan fingerprint density at radius 3 is 2.63 bits per heavy atom. The van der Waals surface area contributed by atoms with Gasteiger partial charge in [-0.2, -0.15) is 0 Å². The van der Waals surface area contributed by atoms with E-state index < -0.39 is 0 Å². The van der Waals surface area contributed by atoms with Gasteiger partial charge >= 0.3 is 0 Å². The van der Waals surface area contributed by atoms with Gasteiger partial charge in [-0.15, -0.1) is 0 Å². The maximum Gasteiger partial charge on any atom is 0.127 e. The van der Waals surface area contributed by atoms with E-state index >= 15 is 0 Å². The average molecular weight is 260 g/mol. The Hall–Kier alpha value is -1.58. The van der Waals surface area contributed by atoms with Crippen molar-refractivity contribution in [3.63, 3.8) is 0 Å². The molecule has 1 atom stereocenters. The molecule has 0 aliphatic carbocycles. The third-order valence-corrected chi connectivity index (χ3v) is 2.91. The van der Waals surface area contributed by atoms with E-state index in [2.05, 4.69) is 18.2 Å². The lowest BCUT2D eigenvalue weighted by Gasteiger charge is -2.10. The van der Waals surface area contributed by atoms with E-state index in [9.17, 15) is 0 Å². The Balaban J connectivity index is 1.82. The van der Waals surface area contributed by atoms with E-state index in [0.29, 0.717) is 26.2 Å². The number of ether oxygens (including phenoxy) is 2. The molecule has 0 spiro atoms. The number of hydrogen-bond acceptors (Lipinski definition) is 3. The van der Waals surface area contributed by atoms with Gasteiger partial charge in [-0.1, -0.05) is 36.4 Å². The molecule has 0 saturated heterocycles. The first-order valence-electron chi connectivity index (χ1n) is 6.64. The molecule has 0 amide bonds. The summed E-state index contributed by atoms with van der Waals surface area (Å²) in [4.78, 5) is 0. The first-order valence-corrected chi connectivity index (χ1v) is 6.64. The Morgan fingerprint density at radius 2 is 1.79 bits per heavy atom. The maximum atomic E-state index is 9.09. The van der Waals surface area contributed by atoms with Crippen molar-refractivity contribution in [1.82, 2.24) is 0 Å². The van der Waals surface area contributed by atoms with E-state index in [1.54, 1.807) is 6.92 Å². The van der Waals surface area contributed by atoms with Crippen LogP contribution in [0.5, 0.6) is 5.75 Å². The minimum atomic E-state index is -0.306. The maximum absolute atomic E-state index is 9.09. The molecule has 2 aromatic rings. The standard InChI is InChI=1S/C16H20O3/c1-13(17)9-10-18-11-12-19-16-8-4-6-14-5-2-3-7-15(14)16/h2-8,13,17H,9-12H2,1H3. The van der Waals surface area contributed by atoms with E-state index in [4.69, 9.17) is 14.6 Å². The van der Waals surface area contributed by atoms with Crippen molar-refractivity contribution in [1.29, 1.82) is 0 Å². The molecule has 0 radical (unpaired) electrons. The molecule has 0 aliphatic rings. The Kier molecular flexibility index (Phi) is 5.19. The van der Waals surface area contributed by atoms with Crippen LogP contribution in [0.15, 0.2) is 42.5 Å². The summed E-state index contributed by atoms with van der Waals surface area (Å²) in [6.07, 6.45) is 0.354. The number of aliphatic hydroxyl groups is 1. The molecule has 102 valence electrons. The van der Waals surface area contributed by atoms with Crippen LogP contribution in [0.1, 0.15) is 13.3 Å². The Bertz CT molecular complexity index is 503. The lowest BCUT2D eigenvalue weighted by Crippen LogP contribution is -2.11. The summed E-state index contributed by atoms with van der Waals surface area (Å²) in [5.74, 6) is 0.886. The molecule has 0 aromatic heterocycles. The summed E-state index contributed by atoms with van der Waals surface area (Å²) in [6.45, 7) is 3.39. The molecule has 0 saturated carbocycles. The first kappa shape index (κ1) is 13.8. The van der Waals surface area contributed by atoms with Gasteiger partial charge in [0.25, 0.3) is 0 Å². The van der Waals surface area contributed by atoms with Crippen molar-refractivity contribution in [2.24, 2.45) is 0 Å². The second kappa shape index (κ2) is 7.12. The van der Waals surface area contributed by atoms with Gasteiger partial charge in [-0.25, -0.2) is 0 Å². The van der Waals surface area contributed by atoms with Crippen molar-refractivity contribution in [2.75, 3.05) is 19.8 Å². The highest BCUT2D eigenvalue weighted by Gasteiger charge is 2.01. The van der Waals surface area contributed by atoms with Crippen molar-refractivity contribution in [3.05, 3.63) is 42.5 Å². The second-order valence-electron chi connectivity index (χ2n) is 4.58. The molecule has 0 fully saturated rings. The van der Waals surface area contributed by atoms with Gasteiger partial charge in [0, 0.05) is 12.0 Å². The predicted octanol–water partition coefficient (Wildman–Crippen LogP) is 3.01. The molecule has 1 N–H and O–H groups in total. The number of hydrogen-bond donors (Lipinski definition) is 1. The smallest absolute Gasteiger partial charge is 0.127 e. The molecule has 19 heavy (non-hydrogen) atoms. The molecule has 0 bridgehead atoms. The zero-order chi connectivity index (χ0) is 13.5. The van der Waals surface area contributed by atoms with Crippen LogP contribution in [0, 0.1) is 0 Å². The third-order valence-electron chi connectivity index (χ3n) is 2.91. The fraction of sp³-hybridized carbons (Fsp3) is 0.375. The first-order chi connectivity index (χ1) is 9.27. The average Bonchev–Trinajstić information content (AvgIpc) is 2.42. The number of benzene rings is 2. The zero-order valence-electron chi connectivity index (χ0n) is 11.2. The van der Waals surface area contributed by atoms with Crippen LogP contribution in [-0.2, 0) is 4.74 Å². The van der Waals surface area contributed by atoms with E-state index in [1.165, 1.54) is 5.39 Å². The second-order valence-corrected chi connectivity index (χ2v) is 4.58. The summed E-state index contributed by atoms with van der Waals surface area (Å²) < 4.78 is 11.1. The van der Waals surface area contributed by atoms with Gasteiger partial charge in [0.2, 0.25) is 0 Å². The molecular weight excluding hydrogens is 240 g/mol. The van der Waals surface area contributed by atoms with Crippen LogP contribution in [0.25, 0.3) is 10.8 Å². The third kappa shape index (κ3) is 4.23.